The monoisotopic (exact) mass is 226 g/mol. The van der Waals surface area contributed by atoms with Crippen molar-refractivity contribution in [2.75, 3.05) is 13.2 Å². The molecule has 84 valence electrons. The second-order valence-corrected chi connectivity index (χ2v) is 3.62. The van der Waals surface area contributed by atoms with Crippen LogP contribution in [0.15, 0.2) is 29.8 Å². The average Bonchev–Trinajstić information content (AvgIpc) is 3.19. The predicted octanol–water partition coefficient (Wildman–Crippen LogP) is 1.89. The third-order valence-corrected chi connectivity index (χ3v) is 2.27. The van der Waals surface area contributed by atoms with Crippen LogP contribution in [0.3, 0.4) is 0 Å². The summed E-state index contributed by atoms with van der Waals surface area (Å²) in [5.74, 6) is 0.758. The van der Waals surface area contributed by atoms with Crippen molar-refractivity contribution in [3.05, 3.63) is 35.4 Å². The molecule has 1 aliphatic rings. The topological polar surface area (TPSA) is 69.3 Å². The van der Waals surface area contributed by atoms with E-state index in [2.05, 4.69) is 0 Å². The fourth-order valence-corrected chi connectivity index (χ4v) is 1.27. The third kappa shape index (κ3) is 3.34. The Morgan fingerprint density at radius 1 is 1.35 bits per heavy atom. The van der Waals surface area contributed by atoms with Crippen LogP contribution in [0.1, 0.15) is 5.56 Å². The van der Waals surface area contributed by atoms with Crippen LogP contribution in [0.25, 0.3) is 6.08 Å². The van der Waals surface area contributed by atoms with Gasteiger partial charge in [-0.05, 0) is 23.8 Å². The minimum Gasteiger partial charge on any atom is -0.491 e. The molecule has 4 nitrogen and oxygen atoms in total. The van der Waals surface area contributed by atoms with E-state index in [1.165, 1.54) is 6.08 Å². The lowest BCUT2D eigenvalue weighted by atomic mass is 10.1. The van der Waals surface area contributed by atoms with Crippen molar-refractivity contribution < 1.29 is 9.47 Å². The molecule has 17 heavy (non-hydrogen) atoms. The van der Waals surface area contributed by atoms with Gasteiger partial charge in [0.2, 0.25) is 0 Å². The summed E-state index contributed by atoms with van der Waals surface area (Å²) in [6.07, 6.45) is 1.77. The van der Waals surface area contributed by atoms with Crippen molar-refractivity contribution in [3.63, 3.8) is 0 Å². The standard InChI is InChI=1S/C13H10N2O2/c14-6-11(7-15)5-10-1-3-12(4-2-10)16-8-13-9-17-13/h1-5,13H,8-9H2. The number of epoxide rings is 1. The molecule has 1 aromatic carbocycles. The summed E-state index contributed by atoms with van der Waals surface area (Å²) in [5, 5.41) is 17.2. The number of rotatable bonds is 4. The SMILES string of the molecule is N#CC(C#N)=Cc1ccc(OCC2CO2)cc1. The summed E-state index contributed by atoms with van der Waals surface area (Å²) < 4.78 is 10.5. The van der Waals surface area contributed by atoms with Crippen LogP contribution in [0.4, 0.5) is 0 Å². The lowest BCUT2D eigenvalue weighted by molar-refractivity contribution is 0.263. The Hall–Kier alpha value is -2.30. The lowest BCUT2D eigenvalue weighted by Gasteiger charge is -2.03. The molecular formula is C13H10N2O2. The fourth-order valence-electron chi connectivity index (χ4n) is 1.27. The summed E-state index contributed by atoms with van der Waals surface area (Å²) >= 11 is 0. The molecule has 4 heteroatoms. The lowest BCUT2D eigenvalue weighted by Crippen LogP contribution is -2.03. The van der Waals surface area contributed by atoms with E-state index in [9.17, 15) is 0 Å². The minimum absolute atomic E-state index is 0.0880. The maximum absolute atomic E-state index is 8.61. The molecule has 2 rings (SSSR count). The number of benzene rings is 1. The third-order valence-electron chi connectivity index (χ3n) is 2.27. The highest BCUT2D eigenvalue weighted by molar-refractivity contribution is 5.62. The second-order valence-electron chi connectivity index (χ2n) is 3.62. The van der Waals surface area contributed by atoms with Gasteiger partial charge in [0, 0.05) is 0 Å². The first kappa shape index (κ1) is 11.2. The largest absolute Gasteiger partial charge is 0.491 e. The number of allylic oxidation sites excluding steroid dienone is 1. The number of hydrogen-bond donors (Lipinski definition) is 0. The normalized spacial score (nSPS) is 16.5. The van der Waals surface area contributed by atoms with Crippen LogP contribution >= 0.6 is 0 Å². The zero-order valence-electron chi connectivity index (χ0n) is 9.09. The van der Waals surface area contributed by atoms with Crippen molar-refractivity contribution in [3.8, 4) is 17.9 Å². The molecule has 0 spiro atoms. The molecule has 0 saturated carbocycles. The zero-order chi connectivity index (χ0) is 12.1. The molecule has 0 aromatic heterocycles. The molecule has 1 unspecified atom stereocenters. The molecule has 1 atom stereocenters. The second kappa shape index (κ2) is 5.16. The van der Waals surface area contributed by atoms with Crippen LogP contribution in [-0.2, 0) is 4.74 Å². The number of nitrogens with zero attached hydrogens (tertiary/aromatic N) is 2. The van der Waals surface area contributed by atoms with Gasteiger partial charge in [0.25, 0.3) is 0 Å². The average molecular weight is 226 g/mol. The molecular weight excluding hydrogens is 216 g/mol. The Morgan fingerprint density at radius 3 is 2.53 bits per heavy atom. The molecule has 0 amide bonds. The van der Waals surface area contributed by atoms with Gasteiger partial charge < -0.3 is 9.47 Å². The van der Waals surface area contributed by atoms with E-state index in [1.54, 1.807) is 24.3 Å². The van der Waals surface area contributed by atoms with E-state index in [0.29, 0.717) is 6.61 Å². The summed E-state index contributed by atoms with van der Waals surface area (Å²) in [7, 11) is 0. The number of nitriles is 2. The predicted molar refractivity (Wildman–Crippen MR) is 60.9 cm³/mol. The van der Waals surface area contributed by atoms with E-state index in [4.69, 9.17) is 20.0 Å². The van der Waals surface area contributed by atoms with Gasteiger partial charge in [0.1, 0.15) is 36.2 Å². The molecule has 1 aliphatic heterocycles. The van der Waals surface area contributed by atoms with Gasteiger partial charge >= 0.3 is 0 Å². The van der Waals surface area contributed by atoms with Crippen molar-refractivity contribution >= 4 is 6.08 Å². The maximum Gasteiger partial charge on any atom is 0.130 e. The first-order valence-electron chi connectivity index (χ1n) is 5.18. The Morgan fingerprint density at radius 2 is 2.00 bits per heavy atom. The summed E-state index contributed by atoms with van der Waals surface area (Å²) in [5.41, 5.74) is 0.892. The van der Waals surface area contributed by atoms with Crippen LogP contribution in [0.5, 0.6) is 5.75 Å². The van der Waals surface area contributed by atoms with E-state index in [-0.39, 0.29) is 11.7 Å². The van der Waals surface area contributed by atoms with Crippen LogP contribution in [-0.4, -0.2) is 19.3 Å². The number of hydrogen-bond acceptors (Lipinski definition) is 4. The highest BCUT2D eigenvalue weighted by atomic mass is 16.6. The van der Waals surface area contributed by atoms with Gasteiger partial charge in [0.05, 0.1) is 6.61 Å². The molecule has 1 aromatic rings. The van der Waals surface area contributed by atoms with Gasteiger partial charge in [-0.1, -0.05) is 12.1 Å². The van der Waals surface area contributed by atoms with Crippen LogP contribution < -0.4 is 4.74 Å². The molecule has 1 fully saturated rings. The van der Waals surface area contributed by atoms with Gasteiger partial charge in [-0.15, -0.1) is 0 Å². The number of ether oxygens (including phenoxy) is 2. The van der Waals surface area contributed by atoms with Gasteiger partial charge in [-0.3, -0.25) is 0 Å². The van der Waals surface area contributed by atoms with E-state index < -0.39 is 0 Å². The Bertz CT molecular complexity index is 486. The Balaban J connectivity index is 2.00. The zero-order valence-corrected chi connectivity index (χ0v) is 9.09. The molecule has 0 bridgehead atoms. The highest BCUT2D eigenvalue weighted by Crippen LogP contribution is 2.17. The molecule has 1 saturated heterocycles. The van der Waals surface area contributed by atoms with Crippen LogP contribution in [0.2, 0.25) is 0 Å². The Kier molecular flexibility index (Phi) is 3.40. The van der Waals surface area contributed by atoms with Crippen molar-refractivity contribution in [2.24, 2.45) is 0 Å². The first-order valence-corrected chi connectivity index (χ1v) is 5.18. The quantitative estimate of drug-likeness (QED) is 0.580. The molecule has 0 aliphatic carbocycles. The molecule has 0 N–H and O–H groups in total. The van der Waals surface area contributed by atoms with Gasteiger partial charge in [-0.2, -0.15) is 10.5 Å². The molecule has 1 heterocycles. The maximum atomic E-state index is 8.61. The first-order chi connectivity index (χ1) is 8.31. The minimum atomic E-state index is 0.0880. The highest BCUT2D eigenvalue weighted by Gasteiger charge is 2.22. The van der Waals surface area contributed by atoms with E-state index in [0.717, 1.165) is 17.9 Å². The van der Waals surface area contributed by atoms with Crippen LogP contribution in [0, 0.1) is 22.7 Å². The smallest absolute Gasteiger partial charge is 0.130 e. The van der Waals surface area contributed by atoms with Crippen molar-refractivity contribution in [1.29, 1.82) is 10.5 Å². The molecule has 0 radical (unpaired) electrons. The summed E-state index contributed by atoms with van der Waals surface area (Å²) in [6.45, 7) is 1.34. The Labute approximate surface area is 99.3 Å². The van der Waals surface area contributed by atoms with E-state index >= 15 is 0 Å². The summed E-state index contributed by atoms with van der Waals surface area (Å²) in [4.78, 5) is 0. The van der Waals surface area contributed by atoms with E-state index in [1.807, 2.05) is 12.1 Å². The van der Waals surface area contributed by atoms with Gasteiger partial charge in [0.15, 0.2) is 0 Å². The van der Waals surface area contributed by atoms with Crippen molar-refractivity contribution in [1.82, 2.24) is 0 Å². The summed E-state index contributed by atoms with van der Waals surface area (Å²) in [6, 6.07) is 10.8. The fraction of sp³-hybridized carbons (Fsp3) is 0.231. The van der Waals surface area contributed by atoms with Gasteiger partial charge in [-0.25, -0.2) is 0 Å². The van der Waals surface area contributed by atoms with Crippen molar-refractivity contribution in [2.45, 2.75) is 6.10 Å².